The summed E-state index contributed by atoms with van der Waals surface area (Å²) in [5.41, 5.74) is -0.823. The van der Waals surface area contributed by atoms with Crippen molar-refractivity contribution in [2.24, 2.45) is 0 Å². The third kappa shape index (κ3) is 7.74. The molecule has 0 saturated carbocycles. The van der Waals surface area contributed by atoms with E-state index in [9.17, 15) is 14.7 Å². The van der Waals surface area contributed by atoms with Crippen LogP contribution in [0.3, 0.4) is 0 Å². The second-order valence-corrected chi connectivity index (χ2v) is 4.31. The van der Waals surface area contributed by atoms with E-state index in [0.717, 1.165) is 0 Å². The van der Waals surface area contributed by atoms with Gasteiger partial charge in [-0.1, -0.05) is 13.8 Å². The fraction of sp³-hybridized carbons (Fsp3) is 0.833. The zero-order valence-corrected chi connectivity index (χ0v) is 10.7. The molecule has 0 rings (SSSR count). The number of carboxylic acid groups (broad SMARTS) is 1. The first-order valence-electron chi connectivity index (χ1n) is 6.14. The van der Waals surface area contributed by atoms with Crippen LogP contribution in [-0.2, 0) is 9.59 Å². The Hall–Kier alpha value is -1.10. The molecule has 0 aromatic heterocycles. The summed E-state index contributed by atoms with van der Waals surface area (Å²) in [4.78, 5) is 21.6. The molecule has 17 heavy (non-hydrogen) atoms. The lowest BCUT2D eigenvalue weighted by atomic mass is 9.97. The molecule has 5 nitrogen and oxygen atoms in total. The molecule has 1 amide bonds. The van der Waals surface area contributed by atoms with E-state index < -0.39 is 11.6 Å². The lowest BCUT2D eigenvalue weighted by Crippen LogP contribution is -2.41. The standard InChI is InChI=1S/C12H23NO4/c1-3-12(17,4-2)9-13-10(14)7-5-6-8-11(15)16/h17H,3-9H2,1-2H3,(H,13,14)(H,15,16). The van der Waals surface area contributed by atoms with E-state index in [-0.39, 0.29) is 18.9 Å². The number of rotatable bonds is 9. The van der Waals surface area contributed by atoms with Crippen molar-refractivity contribution in [1.29, 1.82) is 0 Å². The molecule has 3 N–H and O–H groups in total. The number of unbranched alkanes of at least 4 members (excludes halogenated alkanes) is 1. The van der Waals surface area contributed by atoms with Crippen molar-refractivity contribution in [2.45, 2.75) is 58.0 Å². The minimum atomic E-state index is -0.836. The van der Waals surface area contributed by atoms with Gasteiger partial charge in [0.15, 0.2) is 0 Å². The Kier molecular flexibility index (Phi) is 7.54. The number of carbonyl (C=O) groups excluding carboxylic acids is 1. The van der Waals surface area contributed by atoms with Crippen molar-refractivity contribution >= 4 is 11.9 Å². The highest BCUT2D eigenvalue weighted by Crippen LogP contribution is 2.12. The van der Waals surface area contributed by atoms with Crippen LogP contribution in [0.25, 0.3) is 0 Å². The number of hydrogen-bond donors (Lipinski definition) is 3. The molecule has 0 aromatic rings. The molecule has 0 atom stereocenters. The number of hydrogen-bond acceptors (Lipinski definition) is 3. The molecule has 0 spiro atoms. The van der Waals surface area contributed by atoms with Gasteiger partial charge in [-0.05, 0) is 25.7 Å². The fourth-order valence-corrected chi connectivity index (χ4v) is 1.41. The highest BCUT2D eigenvalue weighted by atomic mass is 16.4. The zero-order chi connectivity index (χ0) is 13.3. The lowest BCUT2D eigenvalue weighted by molar-refractivity contribution is -0.137. The number of nitrogens with one attached hydrogen (secondary N) is 1. The smallest absolute Gasteiger partial charge is 0.303 e. The van der Waals surface area contributed by atoms with Crippen LogP contribution >= 0.6 is 0 Å². The van der Waals surface area contributed by atoms with Gasteiger partial charge in [-0.3, -0.25) is 9.59 Å². The van der Waals surface area contributed by atoms with Crippen LogP contribution in [0.2, 0.25) is 0 Å². The highest BCUT2D eigenvalue weighted by Gasteiger charge is 2.22. The van der Waals surface area contributed by atoms with Crippen molar-refractivity contribution in [2.75, 3.05) is 6.54 Å². The van der Waals surface area contributed by atoms with Crippen LogP contribution in [0.15, 0.2) is 0 Å². The molecule has 0 aliphatic heterocycles. The van der Waals surface area contributed by atoms with Crippen LogP contribution < -0.4 is 5.32 Å². The van der Waals surface area contributed by atoms with Crippen molar-refractivity contribution in [1.82, 2.24) is 5.32 Å². The Bertz CT molecular complexity index is 249. The van der Waals surface area contributed by atoms with E-state index in [1.165, 1.54) is 0 Å². The predicted molar refractivity (Wildman–Crippen MR) is 64.6 cm³/mol. The molecule has 0 radical (unpaired) electrons. The summed E-state index contributed by atoms with van der Waals surface area (Å²) >= 11 is 0. The van der Waals surface area contributed by atoms with Gasteiger partial charge in [-0.15, -0.1) is 0 Å². The van der Waals surface area contributed by atoms with Gasteiger partial charge >= 0.3 is 5.97 Å². The quantitative estimate of drug-likeness (QED) is 0.534. The molecular formula is C12H23NO4. The Labute approximate surface area is 102 Å². The normalized spacial score (nSPS) is 11.2. The molecule has 0 fully saturated rings. The second kappa shape index (κ2) is 8.06. The van der Waals surface area contributed by atoms with Gasteiger partial charge in [0.05, 0.1) is 5.60 Å². The van der Waals surface area contributed by atoms with Gasteiger partial charge in [0, 0.05) is 19.4 Å². The molecular weight excluding hydrogens is 222 g/mol. The molecule has 0 aliphatic rings. The molecule has 5 heteroatoms. The van der Waals surface area contributed by atoms with Crippen molar-refractivity contribution in [3.8, 4) is 0 Å². The van der Waals surface area contributed by atoms with Gasteiger partial charge in [-0.2, -0.15) is 0 Å². The first kappa shape index (κ1) is 15.9. The van der Waals surface area contributed by atoms with E-state index in [4.69, 9.17) is 5.11 Å². The Morgan fingerprint density at radius 2 is 1.65 bits per heavy atom. The van der Waals surface area contributed by atoms with Crippen LogP contribution in [0.4, 0.5) is 0 Å². The maximum atomic E-state index is 11.4. The molecule has 0 heterocycles. The van der Waals surface area contributed by atoms with E-state index in [2.05, 4.69) is 5.32 Å². The average molecular weight is 245 g/mol. The van der Waals surface area contributed by atoms with E-state index >= 15 is 0 Å². The number of carboxylic acids is 1. The average Bonchev–Trinajstić information content (AvgIpc) is 2.31. The molecule has 0 aliphatic carbocycles. The summed E-state index contributed by atoms with van der Waals surface area (Å²) in [6.07, 6.45) is 2.69. The number of amides is 1. The van der Waals surface area contributed by atoms with Crippen LogP contribution in [0.5, 0.6) is 0 Å². The van der Waals surface area contributed by atoms with Gasteiger partial charge in [0.2, 0.25) is 5.91 Å². The van der Waals surface area contributed by atoms with Crippen molar-refractivity contribution in [3.63, 3.8) is 0 Å². The van der Waals surface area contributed by atoms with Gasteiger partial charge in [0.1, 0.15) is 0 Å². The Morgan fingerprint density at radius 1 is 1.12 bits per heavy atom. The Balaban J connectivity index is 3.69. The molecule has 0 saturated heterocycles. The first-order valence-corrected chi connectivity index (χ1v) is 6.14. The molecule has 100 valence electrons. The summed E-state index contributed by atoms with van der Waals surface area (Å²) in [5, 5.41) is 21.0. The monoisotopic (exact) mass is 245 g/mol. The Morgan fingerprint density at radius 3 is 2.12 bits per heavy atom. The second-order valence-electron chi connectivity index (χ2n) is 4.31. The van der Waals surface area contributed by atoms with Crippen LogP contribution in [0.1, 0.15) is 52.4 Å². The molecule has 0 bridgehead atoms. The summed E-state index contributed by atoms with van der Waals surface area (Å²) < 4.78 is 0. The number of aliphatic hydroxyl groups is 1. The van der Waals surface area contributed by atoms with Crippen LogP contribution in [-0.4, -0.2) is 34.2 Å². The van der Waals surface area contributed by atoms with Crippen molar-refractivity contribution < 1.29 is 19.8 Å². The summed E-state index contributed by atoms with van der Waals surface area (Å²) in [7, 11) is 0. The first-order chi connectivity index (χ1) is 7.93. The van der Waals surface area contributed by atoms with Gasteiger partial charge in [0.25, 0.3) is 0 Å². The summed E-state index contributed by atoms with van der Waals surface area (Å²) in [6, 6.07) is 0. The van der Waals surface area contributed by atoms with E-state index in [0.29, 0.717) is 32.1 Å². The van der Waals surface area contributed by atoms with Gasteiger partial charge < -0.3 is 15.5 Å². The SMILES string of the molecule is CCC(O)(CC)CNC(=O)CCCCC(=O)O. The van der Waals surface area contributed by atoms with E-state index in [1.54, 1.807) is 0 Å². The summed E-state index contributed by atoms with van der Waals surface area (Å²) in [5.74, 6) is -0.965. The largest absolute Gasteiger partial charge is 0.481 e. The number of carbonyl (C=O) groups is 2. The topological polar surface area (TPSA) is 86.6 Å². The van der Waals surface area contributed by atoms with Gasteiger partial charge in [-0.25, -0.2) is 0 Å². The third-order valence-electron chi connectivity index (χ3n) is 2.98. The van der Waals surface area contributed by atoms with Crippen LogP contribution in [0, 0.1) is 0 Å². The minimum Gasteiger partial charge on any atom is -0.481 e. The lowest BCUT2D eigenvalue weighted by Gasteiger charge is -2.25. The molecule has 0 unspecified atom stereocenters. The molecule has 0 aromatic carbocycles. The van der Waals surface area contributed by atoms with E-state index in [1.807, 2.05) is 13.8 Å². The van der Waals surface area contributed by atoms with Crippen molar-refractivity contribution in [3.05, 3.63) is 0 Å². The third-order valence-corrected chi connectivity index (χ3v) is 2.98. The fourth-order valence-electron chi connectivity index (χ4n) is 1.41. The highest BCUT2D eigenvalue weighted by molar-refractivity contribution is 5.76. The zero-order valence-electron chi connectivity index (χ0n) is 10.7. The minimum absolute atomic E-state index is 0.0984. The predicted octanol–water partition coefficient (Wildman–Crippen LogP) is 1.30. The summed E-state index contributed by atoms with van der Waals surface area (Å²) in [6.45, 7) is 4.02. The maximum Gasteiger partial charge on any atom is 0.303 e. The maximum absolute atomic E-state index is 11.4. The number of aliphatic carboxylic acids is 1.